The van der Waals surface area contributed by atoms with E-state index < -0.39 is 5.60 Å². The minimum absolute atomic E-state index is 0.258. The van der Waals surface area contributed by atoms with Crippen molar-refractivity contribution in [2.24, 2.45) is 11.8 Å². The SMILES string of the molecule is CC(C)n1ncnc1C(O)(C1CCC1)C1CCC1. The van der Waals surface area contributed by atoms with E-state index in [1.165, 1.54) is 12.8 Å². The van der Waals surface area contributed by atoms with E-state index in [0.717, 1.165) is 31.5 Å². The Bertz CT molecular complexity index is 404. The van der Waals surface area contributed by atoms with Crippen molar-refractivity contribution >= 4 is 0 Å². The van der Waals surface area contributed by atoms with E-state index in [0.29, 0.717) is 11.8 Å². The minimum atomic E-state index is -0.725. The lowest BCUT2D eigenvalue weighted by Gasteiger charge is -2.49. The largest absolute Gasteiger partial charge is 0.381 e. The van der Waals surface area contributed by atoms with Gasteiger partial charge in [0, 0.05) is 6.04 Å². The molecular weight excluding hydrogens is 226 g/mol. The molecule has 2 saturated carbocycles. The summed E-state index contributed by atoms with van der Waals surface area (Å²) in [4.78, 5) is 4.42. The van der Waals surface area contributed by atoms with Gasteiger partial charge in [0.15, 0.2) is 5.82 Å². The number of rotatable bonds is 4. The molecule has 2 aliphatic rings. The topological polar surface area (TPSA) is 50.9 Å². The molecule has 3 rings (SSSR count). The van der Waals surface area contributed by atoms with Crippen LogP contribution in [0.15, 0.2) is 6.33 Å². The average Bonchev–Trinajstić information content (AvgIpc) is 2.59. The lowest BCUT2D eigenvalue weighted by Crippen LogP contribution is -2.49. The maximum Gasteiger partial charge on any atom is 0.159 e. The van der Waals surface area contributed by atoms with Gasteiger partial charge in [0.25, 0.3) is 0 Å². The van der Waals surface area contributed by atoms with Gasteiger partial charge in [0.05, 0.1) is 0 Å². The zero-order chi connectivity index (χ0) is 12.8. The van der Waals surface area contributed by atoms with Crippen LogP contribution in [0.25, 0.3) is 0 Å². The molecule has 0 amide bonds. The predicted molar refractivity (Wildman–Crippen MR) is 69.0 cm³/mol. The third-order valence-corrected chi connectivity index (χ3v) is 4.88. The van der Waals surface area contributed by atoms with Gasteiger partial charge in [0.2, 0.25) is 0 Å². The average molecular weight is 249 g/mol. The Kier molecular flexibility index (Phi) is 2.93. The van der Waals surface area contributed by atoms with E-state index in [1.54, 1.807) is 6.33 Å². The highest BCUT2D eigenvalue weighted by Gasteiger charge is 2.52. The van der Waals surface area contributed by atoms with Crippen molar-refractivity contribution in [3.63, 3.8) is 0 Å². The van der Waals surface area contributed by atoms with E-state index in [1.807, 2.05) is 4.68 Å². The first-order valence-corrected chi connectivity index (χ1v) is 7.26. The number of aliphatic hydroxyl groups is 1. The van der Waals surface area contributed by atoms with Crippen LogP contribution in [-0.2, 0) is 5.60 Å². The molecule has 1 heterocycles. The van der Waals surface area contributed by atoms with E-state index >= 15 is 0 Å². The molecule has 4 nitrogen and oxygen atoms in total. The van der Waals surface area contributed by atoms with E-state index in [-0.39, 0.29) is 6.04 Å². The summed E-state index contributed by atoms with van der Waals surface area (Å²) < 4.78 is 1.91. The van der Waals surface area contributed by atoms with Crippen molar-refractivity contribution < 1.29 is 5.11 Å². The Morgan fingerprint density at radius 3 is 2.17 bits per heavy atom. The summed E-state index contributed by atoms with van der Waals surface area (Å²) in [5.41, 5.74) is -0.725. The smallest absolute Gasteiger partial charge is 0.159 e. The third kappa shape index (κ3) is 1.62. The summed E-state index contributed by atoms with van der Waals surface area (Å²) in [7, 11) is 0. The van der Waals surface area contributed by atoms with Crippen LogP contribution in [-0.4, -0.2) is 19.9 Å². The van der Waals surface area contributed by atoms with Gasteiger partial charge in [-0.1, -0.05) is 12.8 Å². The maximum atomic E-state index is 11.3. The maximum absolute atomic E-state index is 11.3. The summed E-state index contributed by atoms with van der Waals surface area (Å²) in [6, 6.07) is 0.258. The fourth-order valence-electron chi connectivity index (χ4n) is 3.31. The van der Waals surface area contributed by atoms with Crippen molar-refractivity contribution in [1.29, 1.82) is 0 Å². The first kappa shape index (κ1) is 12.2. The summed E-state index contributed by atoms with van der Waals surface area (Å²) in [5, 5.41) is 15.6. The van der Waals surface area contributed by atoms with Crippen LogP contribution in [0, 0.1) is 11.8 Å². The van der Waals surface area contributed by atoms with Gasteiger partial charge in [-0.15, -0.1) is 0 Å². The van der Waals surface area contributed by atoms with Crippen LogP contribution in [0.5, 0.6) is 0 Å². The second kappa shape index (κ2) is 4.34. The molecule has 2 fully saturated rings. The van der Waals surface area contributed by atoms with Gasteiger partial charge >= 0.3 is 0 Å². The third-order valence-electron chi connectivity index (χ3n) is 4.88. The van der Waals surface area contributed by atoms with Crippen LogP contribution in [0.1, 0.15) is 64.2 Å². The van der Waals surface area contributed by atoms with Gasteiger partial charge in [-0.2, -0.15) is 5.10 Å². The molecule has 1 aromatic rings. The second-order valence-corrected chi connectivity index (χ2v) is 6.20. The van der Waals surface area contributed by atoms with Gasteiger partial charge in [-0.25, -0.2) is 9.67 Å². The number of hydrogen-bond donors (Lipinski definition) is 1. The standard InChI is InChI=1S/C14H23N3O/c1-10(2)17-13(15-9-16-17)14(18,11-5-3-6-11)12-7-4-8-12/h9-12,18H,3-8H2,1-2H3. The minimum Gasteiger partial charge on any atom is -0.381 e. The van der Waals surface area contributed by atoms with E-state index in [4.69, 9.17) is 0 Å². The molecule has 0 bridgehead atoms. The van der Waals surface area contributed by atoms with Crippen LogP contribution in [0.3, 0.4) is 0 Å². The monoisotopic (exact) mass is 249 g/mol. The molecule has 0 radical (unpaired) electrons. The Morgan fingerprint density at radius 2 is 1.78 bits per heavy atom. The Labute approximate surface area is 108 Å². The van der Waals surface area contributed by atoms with Gasteiger partial charge < -0.3 is 5.11 Å². The first-order valence-electron chi connectivity index (χ1n) is 7.26. The van der Waals surface area contributed by atoms with Crippen molar-refractivity contribution in [3.8, 4) is 0 Å². The normalized spacial score (nSPS) is 22.0. The zero-order valence-electron chi connectivity index (χ0n) is 11.3. The van der Waals surface area contributed by atoms with Gasteiger partial charge in [-0.05, 0) is 51.4 Å². The Morgan fingerprint density at radius 1 is 1.22 bits per heavy atom. The molecule has 0 unspecified atom stereocenters. The van der Waals surface area contributed by atoms with Gasteiger partial charge in [-0.3, -0.25) is 0 Å². The molecule has 1 aromatic heterocycles. The first-order chi connectivity index (χ1) is 8.64. The zero-order valence-corrected chi connectivity index (χ0v) is 11.3. The highest BCUT2D eigenvalue weighted by Crippen LogP contribution is 2.52. The summed E-state index contributed by atoms with van der Waals surface area (Å²) in [6.07, 6.45) is 8.63. The molecule has 18 heavy (non-hydrogen) atoms. The highest BCUT2D eigenvalue weighted by molar-refractivity contribution is 5.11. The molecular formula is C14H23N3O. The Hall–Kier alpha value is -0.900. The molecule has 4 heteroatoms. The number of aromatic nitrogens is 3. The molecule has 0 atom stereocenters. The lowest BCUT2D eigenvalue weighted by atomic mass is 9.61. The van der Waals surface area contributed by atoms with Crippen molar-refractivity contribution in [3.05, 3.63) is 12.2 Å². The second-order valence-electron chi connectivity index (χ2n) is 6.20. The summed E-state index contributed by atoms with van der Waals surface area (Å²) >= 11 is 0. The quantitative estimate of drug-likeness (QED) is 0.892. The predicted octanol–water partition coefficient (Wildman–Crippen LogP) is 2.65. The van der Waals surface area contributed by atoms with Crippen LogP contribution < -0.4 is 0 Å². The van der Waals surface area contributed by atoms with Crippen LogP contribution in [0.2, 0.25) is 0 Å². The lowest BCUT2D eigenvalue weighted by molar-refractivity contribution is -0.135. The molecule has 2 aliphatic carbocycles. The fourth-order valence-corrected chi connectivity index (χ4v) is 3.31. The molecule has 100 valence electrons. The van der Waals surface area contributed by atoms with Crippen LogP contribution in [0.4, 0.5) is 0 Å². The van der Waals surface area contributed by atoms with Crippen molar-refractivity contribution in [2.75, 3.05) is 0 Å². The number of hydrogen-bond acceptors (Lipinski definition) is 3. The molecule has 0 spiro atoms. The van der Waals surface area contributed by atoms with E-state index in [9.17, 15) is 5.11 Å². The summed E-state index contributed by atoms with van der Waals surface area (Å²) in [5.74, 6) is 1.60. The molecule has 0 aromatic carbocycles. The van der Waals surface area contributed by atoms with Crippen molar-refractivity contribution in [2.45, 2.75) is 64.0 Å². The van der Waals surface area contributed by atoms with Gasteiger partial charge in [0.1, 0.15) is 11.9 Å². The summed E-state index contributed by atoms with van der Waals surface area (Å²) in [6.45, 7) is 4.19. The molecule has 0 saturated heterocycles. The number of nitrogens with zero attached hydrogens (tertiary/aromatic N) is 3. The fraction of sp³-hybridized carbons (Fsp3) is 0.857. The van der Waals surface area contributed by atoms with E-state index in [2.05, 4.69) is 23.9 Å². The molecule has 0 aliphatic heterocycles. The Balaban J connectivity index is 1.99. The van der Waals surface area contributed by atoms with Crippen molar-refractivity contribution in [1.82, 2.24) is 14.8 Å². The highest BCUT2D eigenvalue weighted by atomic mass is 16.3. The van der Waals surface area contributed by atoms with Crippen LogP contribution >= 0.6 is 0 Å². The molecule has 1 N–H and O–H groups in total.